The van der Waals surface area contributed by atoms with Gasteiger partial charge < -0.3 is 19.7 Å². The molecule has 238 valence electrons. The number of benzene rings is 3. The zero-order valence-electron chi connectivity index (χ0n) is 25.8. The molecular weight excluding hydrogens is 603 g/mol. The molecule has 7 rings (SSSR count). The summed E-state index contributed by atoms with van der Waals surface area (Å²) in [6, 6.07) is 21.2. The van der Waals surface area contributed by atoms with Crippen LogP contribution in [0.5, 0.6) is 5.75 Å². The van der Waals surface area contributed by atoms with E-state index in [1.165, 1.54) is 31.3 Å². The minimum absolute atomic E-state index is 0.209. The quantitative estimate of drug-likeness (QED) is 0.166. The van der Waals surface area contributed by atoms with Gasteiger partial charge in [0.15, 0.2) is 0 Å². The molecule has 3 heterocycles. The fourth-order valence-electron chi connectivity index (χ4n) is 6.32. The lowest BCUT2D eigenvalue weighted by atomic mass is 10.1. The zero-order valence-corrected chi connectivity index (χ0v) is 26.6. The molecule has 5 aromatic rings. The van der Waals surface area contributed by atoms with Crippen LogP contribution in [0.25, 0.3) is 22.0 Å². The summed E-state index contributed by atoms with van der Waals surface area (Å²) < 4.78 is 21.4. The summed E-state index contributed by atoms with van der Waals surface area (Å²) in [6.07, 6.45) is 7.88. The molecule has 10 heteroatoms. The summed E-state index contributed by atoms with van der Waals surface area (Å²) in [5, 5.41) is 15.6. The van der Waals surface area contributed by atoms with Crippen LogP contribution in [-0.4, -0.2) is 73.8 Å². The first-order valence-electron chi connectivity index (χ1n) is 15.9. The Morgan fingerprint density at radius 3 is 2.72 bits per heavy atom. The molecule has 0 amide bonds. The van der Waals surface area contributed by atoms with E-state index in [0.717, 1.165) is 59.0 Å². The zero-order chi connectivity index (χ0) is 31.6. The van der Waals surface area contributed by atoms with Gasteiger partial charge in [0.25, 0.3) is 0 Å². The minimum Gasteiger partial charge on any atom is -0.487 e. The number of aliphatic hydroxyl groups excluding tert-OH is 1. The van der Waals surface area contributed by atoms with Crippen LogP contribution in [0.2, 0.25) is 5.02 Å². The van der Waals surface area contributed by atoms with E-state index in [1.807, 2.05) is 18.3 Å². The molecule has 0 radical (unpaired) electrons. The Bertz CT molecular complexity index is 1830. The molecule has 2 N–H and O–H groups in total. The summed E-state index contributed by atoms with van der Waals surface area (Å²) in [4.78, 5) is 14.0. The fourth-order valence-corrected chi connectivity index (χ4v) is 6.55. The molecule has 2 unspecified atom stereocenters. The molecule has 3 aromatic carbocycles. The Labute approximate surface area is 273 Å². The van der Waals surface area contributed by atoms with E-state index >= 15 is 0 Å². The molecule has 2 aliphatic rings. The molecule has 0 bridgehead atoms. The monoisotopic (exact) mass is 640 g/mol. The summed E-state index contributed by atoms with van der Waals surface area (Å²) in [7, 11) is 0. The van der Waals surface area contributed by atoms with Crippen molar-refractivity contribution >= 4 is 34.0 Å². The topological polar surface area (TPSA) is 78.7 Å². The number of hydrogen-bond donors (Lipinski definition) is 2. The summed E-state index contributed by atoms with van der Waals surface area (Å²) >= 11 is 6.54. The predicted octanol–water partition coefficient (Wildman–Crippen LogP) is 6.74. The van der Waals surface area contributed by atoms with Crippen molar-refractivity contribution in [1.29, 1.82) is 0 Å². The number of fused-ring (bicyclic) bond motifs is 1. The number of ether oxygens (including phenoxy) is 1. The highest BCUT2D eigenvalue weighted by molar-refractivity contribution is 6.32. The van der Waals surface area contributed by atoms with Crippen LogP contribution in [0.1, 0.15) is 25.3 Å². The molecular formula is C36H38ClFN6O2. The molecule has 0 spiro atoms. The van der Waals surface area contributed by atoms with Crippen molar-refractivity contribution in [2.24, 2.45) is 0 Å². The van der Waals surface area contributed by atoms with Gasteiger partial charge >= 0.3 is 0 Å². The maximum Gasteiger partial charge on any atom is 0.141 e. The van der Waals surface area contributed by atoms with Gasteiger partial charge in [0.1, 0.15) is 30.3 Å². The van der Waals surface area contributed by atoms with E-state index < -0.39 is 6.10 Å². The minimum atomic E-state index is -0.444. The van der Waals surface area contributed by atoms with Gasteiger partial charge in [-0.05, 0) is 85.0 Å². The molecule has 1 saturated carbocycles. The van der Waals surface area contributed by atoms with E-state index in [0.29, 0.717) is 35.7 Å². The van der Waals surface area contributed by atoms with Gasteiger partial charge in [0.2, 0.25) is 0 Å². The van der Waals surface area contributed by atoms with Crippen molar-refractivity contribution in [1.82, 2.24) is 24.3 Å². The van der Waals surface area contributed by atoms with Gasteiger partial charge in [-0.1, -0.05) is 29.8 Å². The molecule has 46 heavy (non-hydrogen) atoms. The highest BCUT2D eigenvalue weighted by Crippen LogP contribution is 2.33. The largest absolute Gasteiger partial charge is 0.487 e. The van der Waals surface area contributed by atoms with E-state index in [-0.39, 0.29) is 12.4 Å². The molecule has 1 aliphatic heterocycles. The lowest BCUT2D eigenvalue weighted by Gasteiger charge is -2.40. The van der Waals surface area contributed by atoms with Crippen molar-refractivity contribution in [2.45, 2.75) is 51.1 Å². The normalized spacial score (nSPS) is 18.1. The third-order valence-electron chi connectivity index (χ3n) is 8.92. The molecule has 2 fully saturated rings. The second kappa shape index (κ2) is 13.4. The maximum absolute atomic E-state index is 13.5. The third kappa shape index (κ3) is 7.18. The Morgan fingerprint density at radius 1 is 1.02 bits per heavy atom. The number of nitrogens with one attached hydrogen (secondary N) is 1. The predicted molar refractivity (Wildman–Crippen MR) is 180 cm³/mol. The van der Waals surface area contributed by atoms with Gasteiger partial charge in [-0.25, -0.2) is 14.4 Å². The second-order valence-electron chi connectivity index (χ2n) is 12.5. The number of hydrogen-bond acceptors (Lipinski definition) is 7. The Morgan fingerprint density at radius 2 is 1.91 bits per heavy atom. The highest BCUT2D eigenvalue weighted by Gasteiger charge is 2.34. The first kappa shape index (κ1) is 30.6. The van der Waals surface area contributed by atoms with Crippen LogP contribution in [0.15, 0.2) is 85.5 Å². The van der Waals surface area contributed by atoms with E-state index in [1.54, 1.807) is 24.3 Å². The average Bonchev–Trinajstić information content (AvgIpc) is 3.80. The lowest BCUT2D eigenvalue weighted by molar-refractivity contribution is 0.0311. The summed E-state index contributed by atoms with van der Waals surface area (Å²) in [5.74, 6) is 0.857. The Balaban J connectivity index is 1.01. The number of aliphatic hydroxyl groups is 1. The van der Waals surface area contributed by atoms with Crippen molar-refractivity contribution in [3.05, 3.63) is 102 Å². The SMILES string of the molecule is CC1CN(C2CC2)CCN1CC(O)Cn1ccc(-c2ccc3ncnc(Nc4ccc(OCc5cccc(F)c5)c(Cl)c4)c3c2)c1. The van der Waals surface area contributed by atoms with Crippen molar-refractivity contribution < 1.29 is 14.2 Å². The van der Waals surface area contributed by atoms with Crippen LogP contribution in [0, 0.1) is 5.82 Å². The summed E-state index contributed by atoms with van der Waals surface area (Å²) in [6.45, 7) is 6.92. The summed E-state index contributed by atoms with van der Waals surface area (Å²) in [5.41, 5.74) is 4.37. The lowest BCUT2D eigenvalue weighted by Crippen LogP contribution is -2.54. The Hall–Kier alpha value is -4.02. The maximum atomic E-state index is 13.5. The van der Waals surface area contributed by atoms with E-state index in [4.69, 9.17) is 16.3 Å². The number of aromatic nitrogens is 3. The molecule has 2 aromatic heterocycles. The fraction of sp³-hybridized carbons (Fsp3) is 0.333. The van der Waals surface area contributed by atoms with Crippen LogP contribution >= 0.6 is 11.6 Å². The first-order chi connectivity index (χ1) is 22.4. The first-order valence-corrected chi connectivity index (χ1v) is 16.3. The number of rotatable bonds is 11. The van der Waals surface area contributed by atoms with Crippen molar-refractivity contribution in [3.8, 4) is 16.9 Å². The number of piperazine rings is 1. The number of anilines is 2. The third-order valence-corrected chi connectivity index (χ3v) is 9.22. The van der Waals surface area contributed by atoms with Gasteiger partial charge in [-0.3, -0.25) is 9.80 Å². The second-order valence-corrected chi connectivity index (χ2v) is 12.9. The average molecular weight is 641 g/mol. The van der Waals surface area contributed by atoms with Gasteiger partial charge in [0, 0.05) is 68.3 Å². The van der Waals surface area contributed by atoms with Gasteiger partial charge in [0.05, 0.1) is 16.6 Å². The van der Waals surface area contributed by atoms with Gasteiger partial charge in [-0.2, -0.15) is 0 Å². The van der Waals surface area contributed by atoms with Crippen LogP contribution in [0.4, 0.5) is 15.9 Å². The standard InChI is InChI=1S/C36H38ClFN6O2/c1-24-18-44(30-7-8-30)14-13-43(24)21-31(45)20-42-12-11-27(19-42)26-5-9-34-32(16-26)36(40-23-39-34)41-29-6-10-35(33(37)17-29)46-22-25-3-2-4-28(38)15-25/h2-6,9-12,15-17,19,23-24,30-31,45H,7-8,13-14,18,20-22H2,1H3,(H,39,40,41). The molecule has 8 nitrogen and oxygen atoms in total. The number of β-amino-alcohol motifs (C(OH)–C–C–N with tert-alkyl or cyclic N) is 1. The number of nitrogens with zero attached hydrogens (tertiary/aromatic N) is 5. The van der Waals surface area contributed by atoms with Crippen LogP contribution in [0.3, 0.4) is 0 Å². The molecule has 2 atom stereocenters. The van der Waals surface area contributed by atoms with E-state index in [2.05, 4.69) is 61.0 Å². The van der Waals surface area contributed by atoms with Crippen molar-refractivity contribution in [2.75, 3.05) is 31.5 Å². The van der Waals surface area contributed by atoms with Gasteiger partial charge in [-0.15, -0.1) is 0 Å². The molecule has 1 saturated heterocycles. The van der Waals surface area contributed by atoms with E-state index in [9.17, 15) is 9.50 Å². The van der Waals surface area contributed by atoms with Crippen molar-refractivity contribution in [3.63, 3.8) is 0 Å². The Kier molecular flexibility index (Phi) is 8.90. The smallest absolute Gasteiger partial charge is 0.141 e. The molecule has 1 aliphatic carbocycles. The number of halogens is 2. The van der Waals surface area contributed by atoms with Crippen LogP contribution < -0.4 is 10.1 Å². The van der Waals surface area contributed by atoms with Crippen LogP contribution in [-0.2, 0) is 13.2 Å². The highest BCUT2D eigenvalue weighted by atomic mass is 35.5.